The van der Waals surface area contributed by atoms with Crippen LogP contribution in [0, 0.1) is 0 Å². The summed E-state index contributed by atoms with van der Waals surface area (Å²) in [4.78, 5) is 0. The second-order valence-corrected chi connectivity index (χ2v) is 6.10. The van der Waals surface area contributed by atoms with Gasteiger partial charge in [-0.15, -0.1) is 0 Å². The number of hydrogen-bond acceptors (Lipinski definition) is 3. The Kier molecular flexibility index (Phi) is 4.13. The smallest absolute Gasteiger partial charge is 0.152 e. The second-order valence-electron chi connectivity index (χ2n) is 3.27. The molecule has 0 aliphatic carbocycles. The van der Waals surface area contributed by atoms with Crippen molar-refractivity contribution in [2.24, 2.45) is 0 Å². The molecule has 0 saturated heterocycles. The summed E-state index contributed by atoms with van der Waals surface area (Å²) >= 11 is 5.68. The molecule has 0 aliphatic heterocycles. The fraction of sp³-hybridized carbons (Fsp3) is 0.400. The van der Waals surface area contributed by atoms with E-state index in [-0.39, 0.29) is 11.5 Å². The van der Waals surface area contributed by atoms with Crippen LogP contribution in [0.3, 0.4) is 0 Å². The molecule has 0 spiro atoms. The number of benzene rings is 1. The molecule has 15 heavy (non-hydrogen) atoms. The summed E-state index contributed by atoms with van der Waals surface area (Å²) in [7, 11) is -3.16. The van der Waals surface area contributed by atoms with Crippen molar-refractivity contribution in [2.75, 3.05) is 11.5 Å². The summed E-state index contributed by atoms with van der Waals surface area (Å²) in [5.41, 5.74) is 0.566. The Balaban J connectivity index is 2.78. The van der Waals surface area contributed by atoms with E-state index in [2.05, 4.69) is 0 Å². The Hall–Kier alpha value is -0.580. The molecule has 0 saturated carbocycles. The molecule has 1 N–H and O–H groups in total. The molecule has 0 aromatic heterocycles. The minimum atomic E-state index is -3.16. The highest BCUT2D eigenvalue weighted by Gasteiger charge is 2.16. The van der Waals surface area contributed by atoms with Crippen LogP contribution in [0.1, 0.15) is 18.6 Å². The predicted molar refractivity (Wildman–Crippen MR) is 60.7 cm³/mol. The first kappa shape index (κ1) is 12.5. The minimum Gasteiger partial charge on any atom is -0.387 e. The van der Waals surface area contributed by atoms with Crippen LogP contribution in [0.15, 0.2) is 24.3 Å². The maximum Gasteiger partial charge on any atom is 0.152 e. The average molecular weight is 249 g/mol. The first-order valence-corrected chi connectivity index (χ1v) is 6.78. The Morgan fingerprint density at radius 3 is 2.33 bits per heavy atom. The molecule has 1 rings (SSSR count). The monoisotopic (exact) mass is 248 g/mol. The van der Waals surface area contributed by atoms with Gasteiger partial charge >= 0.3 is 0 Å². The SMILES string of the molecule is CCS(=O)(=O)CC(O)c1ccc(Cl)cc1. The third-order valence-electron chi connectivity index (χ3n) is 2.11. The summed E-state index contributed by atoms with van der Waals surface area (Å²) in [5, 5.41) is 10.2. The second kappa shape index (κ2) is 4.96. The quantitative estimate of drug-likeness (QED) is 0.884. The lowest BCUT2D eigenvalue weighted by molar-refractivity contribution is 0.201. The van der Waals surface area contributed by atoms with Crippen molar-refractivity contribution < 1.29 is 13.5 Å². The van der Waals surface area contributed by atoms with Crippen molar-refractivity contribution in [1.29, 1.82) is 0 Å². The molecule has 0 aliphatic rings. The first-order valence-electron chi connectivity index (χ1n) is 4.58. The van der Waals surface area contributed by atoms with Gasteiger partial charge in [0.05, 0.1) is 11.9 Å². The standard InChI is InChI=1S/C10H13ClO3S/c1-2-15(13,14)7-10(12)8-3-5-9(11)6-4-8/h3-6,10,12H,2,7H2,1H3. The first-order chi connectivity index (χ1) is 6.94. The molecular weight excluding hydrogens is 236 g/mol. The third kappa shape index (κ3) is 3.81. The zero-order valence-electron chi connectivity index (χ0n) is 8.35. The average Bonchev–Trinajstić information content (AvgIpc) is 2.18. The van der Waals surface area contributed by atoms with Gasteiger partial charge in [0.2, 0.25) is 0 Å². The van der Waals surface area contributed by atoms with Gasteiger partial charge in [0, 0.05) is 10.8 Å². The van der Waals surface area contributed by atoms with Crippen LogP contribution >= 0.6 is 11.6 Å². The molecule has 0 radical (unpaired) electrons. The Bertz CT molecular complexity index is 411. The molecule has 5 heteroatoms. The Morgan fingerprint density at radius 2 is 1.87 bits per heavy atom. The predicted octanol–water partition coefficient (Wildman–Crippen LogP) is 1.81. The van der Waals surface area contributed by atoms with E-state index in [1.165, 1.54) is 0 Å². The van der Waals surface area contributed by atoms with E-state index in [0.717, 1.165) is 0 Å². The third-order valence-corrected chi connectivity index (χ3v) is 4.06. The van der Waals surface area contributed by atoms with Gasteiger partial charge in [-0.1, -0.05) is 30.7 Å². The number of halogens is 1. The van der Waals surface area contributed by atoms with Crippen LogP contribution in [0.2, 0.25) is 5.02 Å². The van der Waals surface area contributed by atoms with Gasteiger partial charge in [-0.3, -0.25) is 0 Å². The Morgan fingerprint density at radius 1 is 1.33 bits per heavy atom. The summed E-state index contributed by atoms with van der Waals surface area (Å²) in [6.45, 7) is 1.56. The maximum absolute atomic E-state index is 11.3. The zero-order chi connectivity index (χ0) is 11.5. The topological polar surface area (TPSA) is 54.4 Å². The number of hydrogen-bond donors (Lipinski definition) is 1. The highest BCUT2D eigenvalue weighted by atomic mass is 35.5. The van der Waals surface area contributed by atoms with Gasteiger partial charge in [0.1, 0.15) is 0 Å². The van der Waals surface area contributed by atoms with Gasteiger partial charge in [-0.05, 0) is 17.7 Å². The van der Waals surface area contributed by atoms with Crippen LogP contribution < -0.4 is 0 Å². The van der Waals surface area contributed by atoms with E-state index in [1.807, 2.05) is 0 Å². The van der Waals surface area contributed by atoms with Crippen LogP contribution in [0.25, 0.3) is 0 Å². The number of aliphatic hydroxyl groups is 1. The van der Waals surface area contributed by atoms with Crippen molar-refractivity contribution >= 4 is 21.4 Å². The van der Waals surface area contributed by atoms with Gasteiger partial charge in [0.25, 0.3) is 0 Å². The fourth-order valence-corrected chi connectivity index (χ4v) is 2.17. The van der Waals surface area contributed by atoms with E-state index in [0.29, 0.717) is 10.6 Å². The number of sulfone groups is 1. The van der Waals surface area contributed by atoms with E-state index < -0.39 is 15.9 Å². The van der Waals surface area contributed by atoms with Crippen molar-refractivity contribution in [2.45, 2.75) is 13.0 Å². The molecule has 0 fully saturated rings. The fourth-order valence-electron chi connectivity index (χ4n) is 1.14. The molecule has 0 heterocycles. The summed E-state index contributed by atoms with van der Waals surface area (Å²) < 4.78 is 22.5. The summed E-state index contributed by atoms with van der Waals surface area (Å²) in [6, 6.07) is 6.49. The summed E-state index contributed by atoms with van der Waals surface area (Å²) in [5.74, 6) is -0.206. The van der Waals surface area contributed by atoms with Crippen molar-refractivity contribution in [3.63, 3.8) is 0 Å². The molecule has 1 atom stereocenters. The zero-order valence-corrected chi connectivity index (χ0v) is 9.92. The lowest BCUT2D eigenvalue weighted by atomic mass is 10.1. The number of aliphatic hydroxyl groups excluding tert-OH is 1. The highest BCUT2D eigenvalue weighted by molar-refractivity contribution is 7.91. The molecule has 1 aromatic carbocycles. The normalized spacial score (nSPS) is 13.8. The molecule has 84 valence electrons. The van der Waals surface area contributed by atoms with Gasteiger partial charge < -0.3 is 5.11 Å². The van der Waals surface area contributed by atoms with Gasteiger partial charge in [0.15, 0.2) is 9.84 Å². The van der Waals surface area contributed by atoms with Gasteiger partial charge in [-0.25, -0.2) is 8.42 Å². The molecule has 0 amide bonds. The molecule has 1 unspecified atom stereocenters. The van der Waals surface area contributed by atoms with Crippen LogP contribution in [-0.4, -0.2) is 25.0 Å². The molecule has 0 bridgehead atoms. The Labute approximate surface area is 94.6 Å². The largest absolute Gasteiger partial charge is 0.387 e. The lowest BCUT2D eigenvalue weighted by Crippen LogP contribution is -2.16. The minimum absolute atomic E-state index is 0.0393. The van der Waals surface area contributed by atoms with Crippen molar-refractivity contribution in [3.05, 3.63) is 34.9 Å². The molecule has 3 nitrogen and oxygen atoms in total. The maximum atomic E-state index is 11.3. The molecule has 1 aromatic rings. The van der Waals surface area contributed by atoms with Crippen LogP contribution in [-0.2, 0) is 9.84 Å². The van der Waals surface area contributed by atoms with E-state index >= 15 is 0 Å². The van der Waals surface area contributed by atoms with E-state index in [1.54, 1.807) is 31.2 Å². The van der Waals surface area contributed by atoms with Crippen LogP contribution in [0.4, 0.5) is 0 Å². The van der Waals surface area contributed by atoms with Gasteiger partial charge in [-0.2, -0.15) is 0 Å². The van der Waals surface area contributed by atoms with Crippen molar-refractivity contribution in [3.8, 4) is 0 Å². The number of rotatable bonds is 4. The highest BCUT2D eigenvalue weighted by Crippen LogP contribution is 2.17. The van der Waals surface area contributed by atoms with Crippen molar-refractivity contribution in [1.82, 2.24) is 0 Å². The molecular formula is C10H13ClO3S. The summed E-state index contributed by atoms with van der Waals surface area (Å²) in [6.07, 6.45) is -0.979. The van der Waals surface area contributed by atoms with Crippen LogP contribution in [0.5, 0.6) is 0 Å². The lowest BCUT2D eigenvalue weighted by Gasteiger charge is -2.10. The van der Waals surface area contributed by atoms with E-state index in [9.17, 15) is 13.5 Å². The van der Waals surface area contributed by atoms with E-state index in [4.69, 9.17) is 11.6 Å².